The minimum absolute atomic E-state index is 0. The predicted molar refractivity (Wildman–Crippen MR) is 118 cm³/mol. The van der Waals surface area contributed by atoms with E-state index < -0.39 is 0 Å². The van der Waals surface area contributed by atoms with E-state index in [1.165, 1.54) is 27.4 Å². The summed E-state index contributed by atoms with van der Waals surface area (Å²) in [4.78, 5) is 1.27. The normalized spacial score (nSPS) is 20.2. The van der Waals surface area contributed by atoms with E-state index in [0.717, 1.165) is 19.4 Å². The van der Waals surface area contributed by atoms with Crippen molar-refractivity contribution < 1.29 is 24.0 Å². The van der Waals surface area contributed by atoms with Gasteiger partial charge < -0.3 is 24.0 Å². The van der Waals surface area contributed by atoms with Crippen LogP contribution >= 0.6 is 11.8 Å². The molecule has 2 atom stereocenters. The largest absolute Gasteiger partial charge is 1.00 e. The first-order chi connectivity index (χ1) is 13.3. The molecule has 0 aromatic heterocycles. The van der Waals surface area contributed by atoms with Crippen molar-refractivity contribution in [3.8, 4) is 0 Å². The molecule has 1 aliphatic rings. The molecule has 0 amide bonds. The van der Waals surface area contributed by atoms with Gasteiger partial charge in [-0.15, -0.1) is 0 Å². The van der Waals surface area contributed by atoms with E-state index in [-0.39, 0.29) is 29.5 Å². The Kier molecular flexibility index (Phi) is 6.99. The topological polar surface area (TPSA) is 26.0 Å². The Balaban J connectivity index is 0.00000225. The number of aryl methyl sites for hydroxylation is 1. The SMILES string of the molecule is C=Cc1cccc2c1[N+](CCCc1ccccc1)(c1ccccc1)C(N)S2.[I-]. The molecule has 2 N–H and O–H groups in total. The van der Waals surface area contributed by atoms with Gasteiger partial charge in [0.1, 0.15) is 5.69 Å². The van der Waals surface area contributed by atoms with Crippen LogP contribution in [0.2, 0.25) is 0 Å². The number of nitrogens with two attached hydrogens (primary N) is 1. The first kappa shape index (κ1) is 21.1. The van der Waals surface area contributed by atoms with Gasteiger partial charge >= 0.3 is 0 Å². The Morgan fingerprint density at radius 3 is 2.29 bits per heavy atom. The summed E-state index contributed by atoms with van der Waals surface area (Å²) in [5, 5.41) is 0. The molecule has 0 spiro atoms. The fourth-order valence-electron chi connectivity index (χ4n) is 4.09. The Morgan fingerprint density at radius 1 is 0.929 bits per heavy atom. The number of para-hydroxylation sites is 2. The summed E-state index contributed by atoms with van der Waals surface area (Å²) < 4.78 is 0.676. The lowest BCUT2D eigenvalue weighted by Crippen LogP contribution is -3.00. The third kappa shape index (κ3) is 3.79. The number of halogens is 1. The average molecular weight is 500 g/mol. The van der Waals surface area contributed by atoms with Gasteiger partial charge in [0, 0.05) is 12.0 Å². The summed E-state index contributed by atoms with van der Waals surface area (Å²) in [7, 11) is 0. The van der Waals surface area contributed by atoms with Crippen molar-refractivity contribution in [2.24, 2.45) is 5.73 Å². The minimum atomic E-state index is -0.0562. The Bertz CT molecular complexity index is 930. The van der Waals surface area contributed by atoms with E-state index in [4.69, 9.17) is 5.73 Å². The highest BCUT2D eigenvalue weighted by Crippen LogP contribution is 2.53. The summed E-state index contributed by atoms with van der Waals surface area (Å²) in [5.41, 5.74) is 11.8. The van der Waals surface area contributed by atoms with Gasteiger partial charge in [-0.25, -0.2) is 4.48 Å². The number of thioether (sulfide) groups is 1. The lowest BCUT2D eigenvalue weighted by molar-refractivity contribution is -0.00000530. The molecule has 4 rings (SSSR count). The van der Waals surface area contributed by atoms with Gasteiger partial charge in [0.2, 0.25) is 5.50 Å². The van der Waals surface area contributed by atoms with Crippen LogP contribution in [0.5, 0.6) is 0 Å². The van der Waals surface area contributed by atoms with Crippen molar-refractivity contribution >= 4 is 29.2 Å². The monoisotopic (exact) mass is 500 g/mol. The number of fused-ring (bicyclic) bond motifs is 1. The standard InChI is InChI=1S/C24H25N2S.HI/c1-2-20-14-9-17-22-23(20)26(24(25)27-22,21-15-7-4-8-16-21)18-10-13-19-11-5-3-6-12-19;/h2-9,11-12,14-17,24H,1,10,13,18,25H2;1H/q+1;/p-1. The van der Waals surface area contributed by atoms with Crippen LogP contribution in [0.4, 0.5) is 11.4 Å². The van der Waals surface area contributed by atoms with Crippen LogP contribution < -0.4 is 34.2 Å². The lowest BCUT2D eigenvalue weighted by Gasteiger charge is -2.38. The fraction of sp³-hybridized carbons (Fsp3) is 0.167. The molecule has 0 bridgehead atoms. The molecule has 0 saturated carbocycles. The molecule has 2 unspecified atom stereocenters. The van der Waals surface area contributed by atoms with Gasteiger partial charge in [-0.2, -0.15) is 0 Å². The van der Waals surface area contributed by atoms with Crippen molar-refractivity contribution in [1.29, 1.82) is 0 Å². The second-order valence-corrected chi connectivity index (χ2v) is 8.08. The quantitative estimate of drug-likeness (QED) is 0.416. The second-order valence-electron chi connectivity index (χ2n) is 6.92. The summed E-state index contributed by atoms with van der Waals surface area (Å²) in [6.07, 6.45) is 4.08. The number of hydrogen-bond donors (Lipinski definition) is 1. The molecule has 0 aliphatic carbocycles. The van der Waals surface area contributed by atoms with Crippen molar-refractivity contribution in [3.63, 3.8) is 0 Å². The molecule has 2 nitrogen and oxygen atoms in total. The summed E-state index contributed by atoms with van der Waals surface area (Å²) in [6, 6.07) is 27.8. The maximum atomic E-state index is 6.80. The second kappa shape index (κ2) is 9.27. The highest BCUT2D eigenvalue weighted by Gasteiger charge is 2.48. The third-order valence-electron chi connectivity index (χ3n) is 5.37. The smallest absolute Gasteiger partial charge is 0.202 e. The van der Waals surface area contributed by atoms with E-state index in [1.54, 1.807) is 11.8 Å². The van der Waals surface area contributed by atoms with Gasteiger partial charge in [-0.3, -0.25) is 5.73 Å². The molecule has 28 heavy (non-hydrogen) atoms. The summed E-state index contributed by atoms with van der Waals surface area (Å²) in [6.45, 7) is 5.02. The Morgan fingerprint density at radius 2 is 1.61 bits per heavy atom. The van der Waals surface area contributed by atoms with Crippen molar-refractivity contribution in [2.45, 2.75) is 23.2 Å². The first-order valence-corrected chi connectivity index (χ1v) is 10.3. The zero-order chi connectivity index (χ0) is 18.7. The van der Waals surface area contributed by atoms with Gasteiger partial charge in [0.25, 0.3) is 0 Å². The Hall–Kier alpha value is -1.60. The number of hydrogen-bond acceptors (Lipinski definition) is 2. The van der Waals surface area contributed by atoms with Crippen LogP contribution in [0, 0.1) is 0 Å². The van der Waals surface area contributed by atoms with Gasteiger partial charge in [-0.05, 0) is 48.0 Å². The molecule has 4 heteroatoms. The van der Waals surface area contributed by atoms with Crippen molar-refractivity contribution in [3.05, 3.63) is 96.6 Å². The zero-order valence-electron chi connectivity index (χ0n) is 15.8. The van der Waals surface area contributed by atoms with E-state index in [0.29, 0.717) is 4.48 Å². The maximum absolute atomic E-state index is 6.80. The first-order valence-electron chi connectivity index (χ1n) is 9.41. The number of nitrogens with zero attached hydrogens (tertiary/aromatic N) is 1. The predicted octanol–water partition coefficient (Wildman–Crippen LogP) is 2.95. The zero-order valence-corrected chi connectivity index (χ0v) is 18.8. The number of rotatable bonds is 6. The molecule has 0 radical (unpaired) electrons. The third-order valence-corrected chi connectivity index (χ3v) is 6.55. The van der Waals surface area contributed by atoms with Crippen LogP contribution in [0.3, 0.4) is 0 Å². The van der Waals surface area contributed by atoms with Crippen molar-refractivity contribution in [1.82, 2.24) is 4.48 Å². The molecular weight excluding hydrogens is 475 g/mol. The van der Waals surface area contributed by atoms with Gasteiger partial charge in [-0.1, -0.05) is 67.3 Å². The minimum Gasteiger partial charge on any atom is -1.00 e. The molecule has 3 aromatic carbocycles. The molecule has 1 heterocycles. The highest BCUT2D eigenvalue weighted by molar-refractivity contribution is 8.00. The maximum Gasteiger partial charge on any atom is 0.202 e. The van der Waals surface area contributed by atoms with Crippen LogP contribution in [-0.4, -0.2) is 12.0 Å². The van der Waals surface area contributed by atoms with Crippen LogP contribution in [0.15, 0.2) is 90.3 Å². The van der Waals surface area contributed by atoms with E-state index in [2.05, 4.69) is 85.4 Å². The highest BCUT2D eigenvalue weighted by atomic mass is 127. The van der Waals surface area contributed by atoms with Crippen molar-refractivity contribution in [2.75, 3.05) is 6.54 Å². The van der Waals surface area contributed by atoms with E-state index >= 15 is 0 Å². The average Bonchev–Trinajstić information content (AvgIpc) is 3.02. The Labute approximate surface area is 189 Å². The molecule has 1 aliphatic heterocycles. The van der Waals surface area contributed by atoms with Crippen LogP contribution in [-0.2, 0) is 6.42 Å². The fourth-order valence-corrected chi connectivity index (χ4v) is 5.41. The molecule has 0 saturated heterocycles. The number of benzene rings is 3. The van der Waals surface area contributed by atoms with E-state index in [1.807, 2.05) is 6.08 Å². The van der Waals surface area contributed by atoms with Crippen LogP contribution in [0.25, 0.3) is 6.08 Å². The molecule has 0 fully saturated rings. The van der Waals surface area contributed by atoms with Gasteiger partial charge in [0.15, 0.2) is 5.69 Å². The number of quaternary nitrogens is 1. The lowest BCUT2D eigenvalue weighted by atomic mass is 10.0. The van der Waals surface area contributed by atoms with Gasteiger partial charge in [0.05, 0.1) is 11.4 Å². The van der Waals surface area contributed by atoms with Crippen LogP contribution in [0.1, 0.15) is 17.5 Å². The molecule has 3 aromatic rings. The summed E-state index contributed by atoms with van der Waals surface area (Å²) >= 11 is 1.77. The molecule has 144 valence electrons. The molecular formula is C24H25IN2S. The summed E-state index contributed by atoms with van der Waals surface area (Å²) in [5.74, 6) is 0. The van der Waals surface area contributed by atoms with E-state index in [9.17, 15) is 0 Å².